The van der Waals surface area contributed by atoms with Gasteiger partial charge in [0.15, 0.2) is 0 Å². The van der Waals surface area contributed by atoms with Crippen molar-refractivity contribution in [2.45, 2.75) is 90.6 Å². The monoisotopic (exact) mass is 311 g/mol. The van der Waals surface area contributed by atoms with Crippen LogP contribution in [0.3, 0.4) is 0 Å². The van der Waals surface area contributed by atoms with Gasteiger partial charge in [-0.2, -0.15) is 0 Å². The van der Waals surface area contributed by atoms with Crippen LogP contribution in [0, 0.1) is 5.92 Å². The fourth-order valence-corrected chi connectivity index (χ4v) is 2.56. The topological polar surface area (TPSA) is 52.3 Å². The van der Waals surface area contributed by atoms with Gasteiger partial charge in [0.25, 0.3) is 0 Å². The summed E-state index contributed by atoms with van der Waals surface area (Å²) in [5, 5.41) is 0. The van der Waals surface area contributed by atoms with Crippen LogP contribution in [0.5, 0.6) is 0 Å². The van der Waals surface area contributed by atoms with Crippen LogP contribution in [-0.4, -0.2) is 18.1 Å². The molecule has 0 fully saturated rings. The molecule has 0 heterocycles. The SMILES string of the molecule is C=CC(C)(OCCCCCCCCCCC(N)=O)[C@H](C)CC. The Morgan fingerprint density at radius 2 is 1.64 bits per heavy atom. The molecule has 0 spiro atoms. The first kappa shape index (κ1) is 21.2. The molecular weight excluding hydrogens is 274 g/mol. The molecule has 0 saturated carbocycles. The van der Waals surface area contributed by atoms with Crippen molar-refractivity contribution in [1.29, 1.82) is 0 Å². The van der Waals surface area contributed by atoms with Gasteiger partial charge < -0.3 is 10.5 Å². The van der Waals surface area contributed by atoms with E-state index in [0.717, 1.165) is 32.3 Å². The fourth-order valence-electron chi connectivity index (χ4n) is 2.56. The number of unbranched alkanes of at least 4 members (excludes halogenated alkanes) is 7. The van der Waals surface area contributed by atoms with Gasteiger partial charge in [-0.1, -0.05) is 64.9 Å². The molecule has 0 saturated heterocycles. The summed E-state index contributed by atoms with van der Waals surface area (Å²) in [6.07, 6.45) is 13.0. The Morgan fingerprint density at radius 3 is 2.09 bits per heavy atom. The van der Waals surface area contributed by atoms with E-state index < -0.39 is 0 Å². The lowest BCUT2D eigenvalue weighted by Crippen LogP contribution is -2.34. The molecule has 2 atom stereocenters. The smallest absolute Gasteiger partial charge is 0.217 e. The van der Waals surface area contributed by atoms with E-state index in [9.17, 15) is 4.79 Å². The summed E-state index contributed by atoms with van der Waals surface area (Å²) in [7, 11) is 0. The third kappa shape index (κ3) is 9.99. The molecule has 0 aromatic carbocycles. The first-order chi connectivity index (χ1) is 10.5. The van der Waals surface area contributed by atoms with Crippen molar-refractivity contribution in [2.75, 3.05) is 6.61 Å². The summed E-state index contributed by atoms with van der Waals surface area (Å²) in [6, 6.07) is 0. The van der Waals surface area contributed by atoms with Crippen LogP contribution in [-0.2, 0) is 9.53 Å². The van der Waals surface area contributed by atoms with E-state index in [1.807, 2.05) is 6.08 Å². The highest BCUT2D eigenvalue weighted by atomic mass is 16.5. The van der Waals surface area contributed by atoms with Gasteiger partial charge in [-0.3, -0.25) is 4.79 Å². The zero-order valence-electron chi connectivity index (χ0n) is 15.0. The van der Waals surface area contributed by atoms with Crippen LogP contribution in [0.2, 0.25) is 0 Å². The maximum absolute atomic E-state index is 10.6. The Kier molecular flexibility index (Phi) is 12.2. The summed E-state index contributed by atoms with van der Waals surface area (Å²) in [4.78, 5) is 10.6. The highest BCUT2D eigenvalue weighted by Gasteiger charge is 2.26. The molecular formula is C19H37NO2. The number of ether oxygens (including phenoxy) is 1. The summed E-state index contributed by atoms with van der Waals surface area (Å²) in [5.74, 6) is 0.328. The molecule has 1 amide bonds. The highest BCUT2D eigenvalue weighted by molar-refractivity contribution is 5.73. The Morgan fingerprint density at radius 1 is 1.14 bits per heavy atom. The molecule has 0 bridgehead atoms. The van der Waals surface area contributed by atoms with E-state index in [4.69, 9.17) is 10.5 Å². The van der Waals surface area contributed by atoms with E-state index in [-0.39, 0.29) is 11.5 Å². The molecule has 3 nitrogen and oxygen atoms in total. The second-order valence-corrected chi connectivity index (χ2v) is 6.59. The predicted molar refractivity (Wildman–Crippen MR) is 94.8 cm³/mol. The minimum atomic E-state index is -0.185. The molecule has 0 aliphatic heterocycles. The summed E-state index contributed by atoms with van der Waals surface area (Å²) < 4.78 is 6.05. The third-order valence-corrected chi connectivity index (χ3v) is 4.73. The van der Waals surface area contributed by atoms with Gasteiger partial charge in [-0.05, 0) is 25.7 Å². The lowest BCUT2D eigenvalue weighted by atomic mass is 9.88. The number of primary amides is 1. The zero-order chi connectivity index (χ0) is 16.8. The number of rotatable bonds is 15. The average Bonchev–Trinajstić information content (AvgIpc) is 2.51. The van der Waals surface area contributed by atoms with E-state index in [0.29, 0.717) is 12.3 Å². The molecule has 0 rings (SSSR count). The van der Waals surface area contributed by atoms with E-state index >= 15 is 0 Å². The largest absolute Gasteiger partial charge is 0.371 e. The first-order valence-corrected chi connectivity index (χ1v) is 9.02. The van der Waals surface area contributed by atoms with Crippen molar-refractivity contribution in [3.63, 3.8) is 0 Å². The van der Waals surface area contributed by atoms with Gasteiger partial charge in [-0.25, -0.2) is 0 Å². The van der Waals surface area contributed by atoms with Crippen molar-refractivity contribution < 1.29 is 9.53 Å². The van der Waals surface area contributed by atoms with Crippen molar-refractivity contribution in [2.24, 2.45) is 11.7 Å². The Hall–Kier alpha value is -0.830. The van der Waals surface area contributed by atoms with Crippen LogP contribution >= 0.6 is 0 Å². The zero-order valence-corrected chi connectivity index (χ0v) is 15.0. The molecule has 0 aromatic heterocycles. The molecule has 0 aliphatic rings. The van der Waals surface area contributed by atoms with Gasteiger partial charge in [0.2, 0.25) is 5.91 Å². The highest BCUT2D eigenvalue weighted by Crippen LogP contribution is 2.26. The summed E-state index contributed by atoms with van der Waals surface area (Å²) in [5.41, 5.74) is 4.93. The number of hydrogen-bond acceptors (Lipinski definition) is 2. The maximum Gasteiger partial charge on any atom is 0.217 e. The molecule has 0 radical (unpaired) electrons. The summed E-state index contributed by atoms with van der Waals surface area (Å²) >= 11 is 0. The van der Waals surface area contributed by atoms with Crippen molar-refractivity contribution in [1.82, 2.24) is 0 Å². The van der Waals surface area contributed by atoms with Gasteiger partial charge in [0.05, 0.1) is 5.60 Å². The van der Waals surface area contributed by atoms with Crippen LogP contribution in [0.25, 0.3) is 0 Å². The number of nitrogens with two attached hydrogens (primary N) is 1. The van der Waals surface area contributed by atoms with Gasteiger partial charge in [0, 0.05) is 13.0 Å². The van der Waals surface area contributed by atoms with Crippen molar-refractivity contribution >= 4 is 5.91 Å². The van der Waals surface area contributed by atoms with Gasteiger partial charge >= 0.3 is 0 Å². The number of hydrogen-bond donors (Lipinski definition) is 1. The lowest BCUT2D eigenvalue weighted by molar-refractivity contribution is -0.118. The number of carbonyl (C=O) groups excluding carboxylic acids is 1. The van der Waals surface area contributed by atoms with Crippen LogP contribution in [0.15, 0.2) is 12.7 Å². The quantitative estimate of drug-likeness (QED) is 0.342. The normalized spacial score (nSPS) is 15.2. The Balaban J connectivity index is 3.46. The lowest BCUT2D eigenvalue weighted by Gasteiger charge is -2.32. The van der Waals surface area contributed by atoms with E-state index in [1.54, 1.807) is 0 Å². The third-order valence-electron chi connectivity index (χ3n) is 4.73. The van der Waals surface area contributed by atoms with Gasteiger partial charge in [0.1, 0.15) is 0 Å². The van der Waals surface area contributed by atoms with E-state index in [2.05, 4.69) is 27.4 Å². The fraction of sp³-hybridized carbons (Fsp3) is 0.842. The molecule has 1 unspecified atom stereocenters. The maximum atomic E-state index is 10.6. The minimum absolute atomic E-state index is 0.177. The average molecular weight is 312 g/mol. The molecule has 3 heteroatoms. The Bertz CT molecular complexity index is 304. The minimum Gasteiger partial charge on any atom is -0.371 e. The second kappa shape index (κ2) is 12.7. The van der Waals surface area contributed by atoms with Gasteiger partial charge in [-0.15, -0.1) is 6.58 Å². The van der Waals surface area contributed by atoms with Crippen LogP contribution in [0.4, 0.5) is 0 Å². The first-order valence-electron chi connectivity index (χ1n) is 9.02. The Labute approximate surface area is 137 Å². The molecule has 2 N–H and O–H groups in total. The van der Waals surface area contributed by atoms with Crippen molar-refractivity contribution in [3.05, 3.63) is 12.7 Å². The molecule has 0 aliphatic carbocycles. The standard InChI is InChI=1S/C19H37NO2/c1-5-17(3)19(4,6-2)22-16-14-12-10-8-7-9-11-13-15-18(20)21/h6,17H,2,5,7-16H2,1,3-4H3,(H2,20,21)/t17-,19?/m1/s1. The predicted octanol–water partition coefficient (Wildman–Crippen LogP) is 4.99. The van der Waals surface area contributed by atoms with E-state index in [1.165, 1.54) is 32.1 Å². The van der Waals surface area contributed by atoms with Crippen molar-refractivity contribution in [3.8, 4) is 0 Å². The van der Waals surface area contributed by atoms with Crippen LogP contribution < -0.4 is 5.73 Å². The number of carbonyl (C=O) groups is 1. The number of amides is 1. The molecule has 0 aromatic rings. The van der Waals surface area contributed by atoms with Crippen LogP contribution in [0.1, 0.15) is 85.0 Å². The second-order valence-electron chi connectivity index (χ2n) is 6.59. The summed E-state index contributed by atoms with van der Waals surface area (Å²) in [6.45, 7) is 11.3. The molecule has 130 valence electrons. The molecule has 22 heavy (non-hydrogen) atoms.